The molecule has 1 aliphatic rings. The van der Waals surface area contributed by atoms with Crippen LogP contribution in [0.25, 0.3) is 0 Å². The van der Waals surface area contributed by atoms with E-state index in [-0.39, 0.29) is 12.5 Å². The van der Waals surface area contributed by atoms with E-state index in [1.807, 2.05) is 47.6 Å². The highest BCUT2D eigenvalue weighted by molar-refractivity contribution is 5.47. The quantitative estimate of drug-likeness (QED) is 0.455. The Bertz CT molecular complexity index is 588. The number of aliphatic hydroxyl groups is 2. The molecule has 7 nitrogen and oxygen atoms in total. The first-order valence-electron chi connectivity index (χ1n) is 10.7. The Morgan fingerprint density at radius 3 is 2.30 bits per heavy atom. The monoisotopic (exact) mass is 431 g/mol. The molecule has 2 rings (SSSR count). The highest BCUT2D eigenvalue weighted by atomic mass is 19.1. The molecule has 176 valence electrons. The first-order valence-corrected chi connectivity index (χ1v) is 10.7. The fourth-order valence-electron chi connectivity index (χ4n) is 2.58. The summed E-state index contributed by atoms with van der Waals surface area (Å²) in [6, 6.07) is 0. The molecular weight excluding hydrogens is 389 g/mol. The Morgan fingerprint density at radius 2 is 1.93 bits per heavy atom. The molecule has 1 fully saturated rings. The van der Waals surface area contributed by atoms with E-state index in [2.05, 4.69) is 29.0 Å². The van der Waals surface area contributed by atoms with Crippen LogP contribution in [0.4, 0.5) is 10.2 Å². The number of halogens is 1. The molecular formula is C22H42FN3O4. The SMILES string of the molecule is C=CC(C)c1c(C)ncnc1NOCC.CC.CC.C[C@@H]1OC(CO)C(O)C1(C)F. The van der Waals surface area contributed by atoms with Gasteiger partial charge in [-0.05, 0) is 27.7 Å². The van der Waals surface area contributed by atoms with Gasteiger partial charge in [0, 0.05) is 17.2 Å². The number of nitrogens with one attached hydrogen (secondary N) is 1. The summed E-state index contributed by atoms with van der Waals surface area (Å²) in [7, 11) is 0. The van der Waals surface area contributed by atoms with E-state index in [0.29, 0.717) is 6.61 Å². The number of aliphatic hydroxyl groups excluding tert-OH is 2. The summed E-state index contributed by atoms with van der Waals surface area (Å²) in [5.74, 6) is 0.922. The van der Waals surface area contributed by atoms with Crippen LogP contribution in [0.5, 0.6) is 0 Å². The summed E-state index contributed by atoms with van der Waals surface area (Å²) >= 11 is 0. The molecule has 8 heteroatoms. The fourth-order valence-corrected chi connectivity index (χ4v) is 2.58. The molecule has 5 atom stereocenters. The molecule has 0 spiro atoms. The summed E-state index contributed by atoms with van der Waals surface area (Å²) in [6.07, 6.45) is 0.732. The van der Waals surface area contributed by atoms with Gasteiger partial charge in [-0.3, -0.25) is 4.84 Å². The molecule has 0 bridgehead atoms. The Balaban J connectivity index is 0. The van der Waals surface area contributed by atoms with Crippen LogP contribution in [0.1, 0.15) is 72.6 Å². The lowest BCUT2D eigenvalue weighted by molar-refractivity contribution is -0.0172. The van der Waals surface area contributed by atoms with Crippen molar-refractivity contribution in [1.82, 2.24) is 9.97 Å². The van der Waals surface area contributed by atoms with Gasteiger partial charge in [0.1, 0.15) is 18.5 Å². The molecule has 0 amide bonds. The average Bonchev–Trinajstić information content (AvgIpc) is 2.97. The minimum Gasteiger partial charge on any atom is -0.394 e. The number of nitrogens with zero attached hydrogens (tertiary/aromatic N) is 2. The van der Waals surface area contributed by atoms with Crippen molar-refractivity contribution in [1.29, 1.82) is 0 Å². The second kappa shape index (κ2) is 16.1. The number of hydrogen-bond donors (Lipinski definition) is 3. The van der Waals surface area contributed by atoms with Crippen LogP contribution >= 0.6 is 0 Å². The van der Waals surface area contributed by atoms with Gasteiger partial charge in [0.2, 0.25) is 0 Å². The van der Waals surface area contributed by atoms with E-state index in [1.165, 1.54) is 13.3 Å². The number of alkyl halides is 1. The summed E-state index contributed by atoms with van der Waals surface area (Å²) in [5, 5.41) is 17.9. The number of allylic oxidation sites excluding steroid dienone is 1. The number of aryl methyl sites for hydroxylation is 1. The van der Waals surface area contributed by atoms with Crippen LogP contribution in [-0.4, -0.2) is 57.4 Å². The normalized spacial score (nSPS) is 25.4. The Hall–Kier alpha value is -1.61. The number of anilines is 1. The molecule has 30 heavy (non-hydrogen) atoms. The smallest absolute Gasteiger partial charge is 0.162 e. The molecule has 0 saturated carbocycles. The van der Waals surface area contributed by atoms with Gasteiger partial charge >= 0.3 is 0 Å². The second-order valence-electron chi connectivity index (χ2n) is 6.38. The standard InChI is InChI=1S/C11H17N3O.C7H13FO3.2C2H6/c1-5-8(3)10-9(4)12-7-13-11(10)14-15-6-2;1-4-7(2,8)6(10)5(3-9)11-4;2*1-2/h5,7-8H,1,6H2,2-4H3,(H,12,13,14);4-6,9-10H,3H2,1-2H3;2*1-2H3/t;4-,5?,6?,7?;;/m.0../s1. The third kappa shape index (κ3) is 8.63. The number of hydrogen-bond acceptors (Lipinski definition) is 7. The zero-order chi connectivity index (χ0) is 23.9. The minimum atomic E-state index is -1.74. The van der Waals surface area contributed by atoms with E-state index in [1.54, 1.807) is 6.92 Å². The first-order chi connectivity index (χ1) is 14.2. The molecule has 0 aromatic carbocycles. The maximum atomic E-state index is 13.3. The largest absolute Gasteiger partial charge is 0.394 e. The maximum absolute atomic E-state index is 13.3. The van der Waals surface area contributed by atoms with Crippen molar-refractivity contribution in [2.75, 3.05) is 18.7 Å². The van der Waals surface area contributed by atoms with Gasteiger partial charge < -0.3 is 14.9 Å². The van der Waals surface area contributed by atoms with Crippen molar-refractivity contribution in [3.8, 4) is 0 Å². The average molecular weight is 432 g/mol. The highest BCUT2D eigenvalue weighted by Gasteiger charge is 2.51. The van der Waals surface area contributed by atoms with E-state index < -0.39 is 24.0 Å². The van der Waals surface area contributed by atoms with E-state index >= 15 is 0 Å². The molecule has 4 unspecified atom stereocenters. The fraction of sp³-hybridized carbons (Fsp3) is 0.727. The van der Waals surface area contributed by atoms with Gasteiger partial charge in [0.15, 0.2) is 11.5 Å². The van der Waals surface area contributed by atoms with Gasteiger partial charge in [-0.15, -0.1) is 6.58 Å². The van der Waals surface area contributed by atoms with E-state index in [9.17, 15) is 9.50 Å². The van der Waals surface area contributed by atoms with Gasteiger partial charge in [-0.25, -0.2) is 19.8 Å². The van der Waals surface area contributed by atoms with Crippen molar-refractivity contribution in [3.05, 3.63) is 30.2 Å². The van der Waals surface area contributed by atoms with Crippen LogP contribution in [-0.2, 0) is 9.57 Å². The Kier molecular flexibility index (Phi) is 16.4. The van der Waals surface area contributed by atoms with Crippen LogP contribution < -0.4 is 5.48 Å². The lowest BCUT2D eigenvalue weighted by atomic mass is 9.96. The van der Waals surface area contributed by atoms with E-state index in [4.69, 9.17) is 14.7 Å². The topological polar surface area (TPSA) is 96.7 Å². The summed E-state index contributed by atoms with van der Waals surface area (Å²) in [5.41, 5.74) is 3.05. The van der Waals surface area contributed by atoms with Gasteiger partial charge in [-0.2, -0.15) is 0 Å². The number of ether oxygens (including phenoxy) is 1. The molecule has 3 N–H and O–H groups in total. The second-order valence-corrected chi connectivity index (χ2v) is 6.38. The molecule has 0 aliphatic carbocycles. The van der Waals surface area contributed by atoms with Crippen molar-refractivity contribution < 1.29 is 24.2 Å². The molecule has 1 aromatic rings. The molecule has 1 saturated heterocycles. The third-order valence-corrected chi connectivity index (χ3v) is 4.49. The molecule has 0 radical (unpaired) electrons. The molecule has 1 aromatic heterocycles. The summed E-state index contributed by atoms with van der Waals surface area (Å²) < 4.78 is 18.3. The van der Waals surface area contributed by atoms with Gasteiger partial charge in [0.25, 0.3) is 0 Å². The van der Waals surface area contributed by atoms with Crippen LogP contribution in [0.2, 0.25) is 0 Å². The maximum Gasteiger partial charge on any atom is 0.162 e. The van der Waals surface area contributed by atoms with Crippen LogP contribution in [0.3, 0.4) is 0 Å². The van der Waals surface area contributed by atoms with Crippen molar-refractivity contribution in [3.63, 3.8) is 0 Å². The van der Waals surface area contributed by atoms with Crippen molar-refractivity contribution in [2.24, 2.45) is 0 Å². The number of aromatic nitrogens is 2. The zero-order valence-corrected chi connectivity index (χ0v) is 20.1. The first kappa shape index (κ1) is 30.6. The zero-order valence-electron chi connectivity index (χ0n) is 20.1. The van der Waals surface area contributed by atoms with E-state index in [0.717, 1.165) is 17.1 Å². The predicted octanol–water partition coefficient (Wildman–Crippen LogP) is 4.35. The van der Waals surface area contributed by atoms with Gasteiger partial charge in [0.05, 0.1) is 19.3 Å². The molecule has 2 heterocycles. The Morgan fingerprint density at radius 1 is 1.37 bits per heavy atom. The minimum absolute atomic E-state index is 0.203. The molecule has 1 aliphatic heterocycles. The summed E-state index contributed by atoms with van der Waals surface area (Å²) in [6.45, 7) is 20.8. The third-order valence-electron chi connectivity index (χ3n) is 4.49. The number of rotatable bonds is 6. The van der Waals surface area contributed by atoms with Crippen molar-refractivity contribution >= 4 is 5.82 Å². The highest BCUT2D eigenvalue weighted by Crippen LogP contribution is 2.33. The van der Waals surface area contributed by atoms with Gasteiger partial charge in [-0.1, -0.05) is 40.7 Å². The predicted molar refractivity (Wildman–Crippen MR) is 120 cm³/mol. The lowest BCUT2D eigenvalue weighted by Gasteiger charge is -2.20. The lowest BCUT2D eigenvalue weighted by Crippen LogP contribution is -2.40. The van der Waals surface area contributed by atoms with Crippen molar-refractivity contribution in [2.45, 2.75) is 92.2 Å². The Labute approximate surface area is 181 Å². The summed E-state index contributed by atoms with van der Waals surface area (Å²) in [4.78, 5) is 13.4. The van der Waals surface area contributed by atoms with Crippen LogP contribution in [0.15, 0.2) is 19.0 Å². The van der Waals surface area contributed by atoms with Crippen LogP contribution in [0, 0.1) is 6.92 Å².